The summed E-state index contributed by atoms with van der Waals surface area (Å²) in [5.41, 5.74) is 1.93. The summed E-state index contributed by atoms with van der Waals surface area (Å²) in [6.45, 7) is 0.600. The Morgan fingerprint density at radius 3 is 2.56 bits per heavy atom. The van der Waals surface area contributed by atoms with Crippen molar-refractivity contribution in [2.45, 2.75) is 62.8 Å². The van der Waals surface area contributed by atoms with Crippen LogP contribution in [0.5, 0.6) is 5.75 Å². The van der Waals surface area contributed by atoms with Gasteiger partial charge in [0.25, 0.3) is 0 Å². The smallest absolute Gasteiger partial charge is 0.248 e. The Morgan fingerprint density at radius 2 is 1.82 bits per heavy atom. The molecule has 2 amide bonds. The van der Waals surface area contributed by atoms with Crippen LogP contribution in [-0.2, 0) is 15.0 Å². The maximum Gasteiger partial charge on any atom is 0.248 e. The van der Waals surface area contributed by atoms with Crippen LogP contribution in [0.3, 0.4) is 0 Å². The molecule has 2 aromatic heterocycles. The summed E-state index contributed by atoms with van der Waals surface area (Å²) in [5, 5.41) is 9.77. The van der Waals surface area contributed by atoms with Gasteiger partial charge in [-0.2, -0.15) is 5.10 Å². The minimum Gasteiger partial charge on any atom is -0.497 e. The molecule has 8 nitrogen and oxygen atoms in total. The number of ether oxygens (including phenoxy) is 1. The fourth-order valence-corrected chi connectivity index (χ4v) is 5.54. The summed E-state index contributed by atoms with van der Waals surface area (Å²) in [7, 11) is 1.65. The SMILES string of the molecule is COc1ccc(C2(C(=O)N3CCC[C@@H]3C(=O)Nc3ccc4[nH]ncc4n3)CCCCCC2)cc1. The van der Waals surface area contributed by atoms with Crippen LogP contribution in [0.15, 0.2) is 42.6 Å². The summed E-state index contributed by atoms with van der Waals surface area (Å²) in [5.74, 6) is 1.15. The molecule has 178 valence electrons. The first kappa shape index (κ1) is 22.4. The van der Waals surface area contributed by atoms with E-state index < -0.39 is 11.5 Å². The number of methoxy groups -OCH3 is 1. The summed E-state index contributed by atoms with van der Waals surface area (Å²) < 4.78 is 5.34. The Morgan fingerprint density at radius 1 is 1.06 bits per heavy atom. The number of hydrogen-bond acceptors (Lipinski definition) is 5. The van der Waals surface area contributed by atoms with Gasteiger partial charge in [-0.3, -0.25) is 14.7 Å². The zero-order valence-corrected chi connectivity index (χ0v) is 19.5. The predicted molar refractivity (Wildman–Crippen MR) is 130 cm³/mol. The summed E-state index contributed by atoms with van der Waals surface area (Å²) in [4.78, 5) is 33.8. The number of amides is 2. The number of benzene rings is 1. The summed E-state index contributed by atoms with van der Waals surface area (Å²) in [6.07, 6.45) is 9.01. The Bertz CT molecular complexity index is 1160. The highest BCUT2D eigenvalue weighted by Crippen LogP contribution is 2.42. The molecule has 3 aromatic rings. The Kier molecular flexibility index (Phi) is 6.22. The third-order valence-electron chi connectivity index (χ3n) is 7.37. The first-order valence-electron chi connectivity index (χ1n) is 12.2. The van der Waals surface area contributed by atoms with E-state index in [9.17, 15) is 9.59 Å². The molecule has 1 aliphatic heterocycles. The number of nitrogens with one attached hydrogen (secondary N) is 2. The zero-order valence-electron chi connectivity index (χ0n) is 19.5. The van der Waals surface area contributed by atoms with Crippen LogP contribution in [0.2, 0.25) is 0 Å². The van der Waals surface area contributed by atoms with Gasteiger partial charge >= 0.3 is 0 Å². The number of aromatic amines is 1. The molecular formula is C26H31N5O3. The molecule has 1 saturated carbocycles. The van der Waals surface area contributed by atoms with Crippen molar-refractivity contribution in [1.82, 2.24) is 20.1 Å². The molecule has 1 saturated heterocycles. The minimum atomic E-state index is -0.598. The van der Waals surface area contributed by atoms with E-state index in [4.69, 9.17) is 4.74 Å². The Balaban J connectivity index is 1.40. The summed E-state index contributed by atoms with van der Waals surface area (Å²) in [6, 6.07) is 11.0. The van der Waals surface area contributed by atoms with E-state index in [1.54, 1.807) is 19.4 Å². The van der Waals surface area contributed by atoms with Gasteiger partial charge in [0, 0.05) is 6.54 Å². The lowest BCUT2D eigenvalue weighted by Gasteiger charge is -2.38. The van der Waals surface area contributed by atoms with Gasteiger partial charge in [-0.25, -0.2) is 4.98 Å². The number of fused-ring (bicyclic) bond motifs is 1. The largest absolute Gasteiger partial charge is 0.497 e. The second-order valence-electron chi connectivity index (χ2n) is 9.37. The van der Waals surface area contributed by atoms with Crippen LogP contribution in [0, 0.1) is 0 Å². The maximum absolute atomic E-state index is 14.2. The van der Waals surface area contributed by atoms with Gasteiger partial charge in [-0.1, -0.05) is 37.8 Å². The highest BCUT2D eigenvalue weighted by molar-refractivity contribution is 5.99. The molecular weight excluding hydrogens is 430 g/mol. The van der Waals surface area contributed by atoms with Gasteiger partial charge in [0.15, 0.2) is 0 Å². The highest BCUT2D eigenvalue weighted by Gasteiger charge is 2.46. The van der Waals surface area contributed by atoms with Crippen molar-refractivity contribution in [2.75, 3.05) is 19.0 Å². The van der Waals surface area contributed by atoms with Crippen LogP contribution in [0.25, 0.3) is 11.0 Å². The number of H-pyrrole nitrogens is 1. The van der Waals surface area contributed by atoms with Crippen LogP contribution >= 0.6 is 0 Å². The number of pyridine rings is 1. The number of rotatable bonds is 5. The fraction of sp³-hybridized carbons (Fsp3) is 0.462. The number of anilines is 1. The molecule has 5 rings (SSSR count). The van der Waals surface area contributed by atoms with Gasteiger partial charge in [0.05, 0.1) is 24.2 Å². The van der Waals surface area contributed by atoms with Crippen LogP contribution in [0.1, 0.15) is 56.9 Å². The lowest BCUT2D eigenvalue weighted by atomic mass is 9.73. The normalized spacial score (nSPS) is 20.1. The van der Waals surface area contributed by atoms with Crippen molar-refractivity contribution in [3.8, 4) is 5.75 Å². The summed E-state index contributed by atoms with van der Waals surface area (Å²) >= 11 is 0. The van der Waals surface area contributed by atoms with E-state index in [0.717, 1.165) is 61.8 Å². The molecule has 0 radical (unpaired) electrons. The lowest BCUT2D eigenvalue weighted by molar-refractivity contribution is -0.142. The van der Waals surface area contributed by atoms with E-state index in [2.05, 4.69) is 20.5 Å². The van der Waals surface area contributed by atoms with Gasteiger partial charge in [0.2, 0.25) is 11.8 Å². The number of likely N-dealkylation sites (tertiary alicyclic amines) is 1. The third kappa shape index (κ3) is 4.13. The zero-order chi connectivity index (χ0) is 23.5. The molecule has 34 heavy (non-hydrogen) atoms. The van der Waals surface area contributed by atoms with E-state index >= 15 is 0 Å². The van der Waals surface area contributed by atoms with Crippen molar-refractivity contribution in [2.24, 2.45) is 0 Å². The molecule has 1 aliphatic carbocycles. The van der Waals surface area contributed by atoms with Gasteiger partial charge in [0.1, 0.15) is 23.1 Å². The van der Waals surface area contributed by atoms with Crippen LogP contribution < -0.4 is 10.1 Å². The highest BCUT2D eigenvalue weighted by atomic mass is 16.5. The number of nitrogens with zero attached hydrogens (tertiary/aromatic N) is 3. The minimum absolute atomic E-state index is 0.0791. The number of carbonyl (C=O) groups excluding carboxylic acids is 2. The van der Waals surface area contributed by atoms with Gasteiger partial charge in [-0.05, 0) is 55.5 Å². The lowest BCUT2D eigenvalue weighted by Crippen LogP contribution is -2.51. The molecule has 2 fully saturated rings. The van der Waals surface area contributed by atoms with Crippen molar-refractivity contribution in [3.05, 3.63) is 48.2 Å². The average molecular weight is 462 g/mol. The van der Waals surface area contributed by atoms with Crippen molar-refractivity contribution in [1.29, 1.82) is 0 Å². The van der Waals surface area contributed by atoms with E-state index in [1.165, 1.54) is 0 Å². The maximum atomic E-state index is 14.2. The number of hydrogen-bond donors (Lipinski definition) is 2. The van der Waals surface area contributed by atoms with E-state index in [0.29, 0.717) is 24.3 Å². The first-order chi connectivity index (χ1) is 16.6. The molecule has 0 spiro atoms. The van der Waals surface area contributed by atoms with E-state index in [-0.39, 0.29) is 11.8 Å². The molecule has 0 bridgehead atoms. The standard InChI is InChI=1S/C26H31N5O3/c1-34-19-10-8-18(9-11-19)26(14-4-2-3-5-15-26)25(33)31-16-6-7-22(31)24(32)29-23-13-12-20-21(28-23)17-27-30-20/h8-13,17,22H,2-7,14-16H2,1H3,(H,27,30)(H,28,29,32)/t22-/m1/s1. The van der Waals surface area contributed by atoms with Crippen molar-refractivity contribution >= 4 is 28.7 Å². The second kappa shape index (κ2) is 9.44. The number of carbonyl (C=O) groups is 2. The second-order valence-corrected chi connectivity index (χ2v) is 9.37. The quantitative estimate of drug-likeness (QED) is 0.555. The average Bonchev–Trinajstić information content (AvgIpc) is 3.47. The van der Waals surface area contributed by atoms with Crippen LogP contribution in [-0.4, -0.2) is 51.6 Å². The molecule has 2 N–H and O–H groups in total. The monoisotopic (exact) mass is 461 g/mol. The molecule has 1 atom stereocenters. The Hall–Kier alpha value is -3.42. The van der Waals surface area contributed by atoms with Crippen molar-refractivity contribution in [3.63, 3.8) is 0 Å². The first-order valence-corrected chi connectivity index (χ1v) is 12.2. The van der Waals surface area contributed by atoms with Gasteiger partial charge in [-0.15, -0.1) is 0 Å². The van der Waals surface area contributed by atoms with Crippen LogP contribution in [0.4, 0.5) is 5.82 Å². The number of aromatic nitrogens is 3. The molecule has 8 heteroatoms. The molecule has 1 aromatic carbocycles. The Labute approximate surface area is 199 Å². The molecule has 0 unspecified atom stereocenters. The topological polar surface area (TPSA) is 100 Å². The predicted octanol–water partition coefficient (Wildman–Crippen LogP) is 4.19. The fourth-order valence-electron chi connectivity index (χ4n) is 5.54. The van der Waals surface area contributed by atoms with Crippen molar-refractivity contribution < 1.29 is 14.3 Å². The van der Waals surface area contributed by atoms with E-state index in [1.807, 2.05) is 35.2 Å². The molecule has 3 heterocycles. The molecule has 2 aliphatic rings. The van der Waals surface area contributed by atoms with Gasteiger partial charge < -0.3 is 15.0 Å². The third-order valence-corrected chi connectivity index (χ3v) is 7.37.